The molecule has 0 aliphatic carbocycles. The number of carbonyl (C=O) groups excluding carboxylic acids is 1. The van der Waals surface area contributed by atoms with Gasteiger partial charge in [-0.2, -0.15) is 0 Å². The number of amides is 1. The van der Waals surface area contributed by atoms with Crippen LogP contribution in [-0.4, -0.2) is 18.5 Å². The standard InChI is InChI=1S/C14H18F2N2O/c1-9-4-5-17-13(6-9)14(19)18-8-10-2-3-11(15)7-12(10)16/h2-3,7,9,13,17H,4-6,8H2,1H3,(H,18,19). The summed E-state index contributed by atoms with van der Waals surface area (Å²) in [6.07, 6.45) is 1.86. The first kappa shape index (κ1) is 13.9. The van der Waals surface area contributed by atoms with Gasteiger partial charge in [0.15, 0.2) is 0 Å². The Kier molecular flexibility index (Phi) is 4.47. The summed E-state index contributed by atoms with van der Waals surface area (Å²) in [5.74, 6) is -0.865. The maximum Gasteiger partial charge on any atom is 0.237 e. The average Bonchev–Trinajstić information content (AvgIpc) is 2.37. The van der Waals surface area contributed by atoms with E-state index in [2.05, 4.69) is 17.6 Å². The Labute approximate surface area is 111 Å². The van der Waals surface area contributed by atoms with Gasteiger partial charge in [-0.15, -0.1) is 0 Å². The molecule has 1 heterocycles. The van der Waals surface area contributed by atoms with E-state index < -0.39 is 11.6 Å². The van der Waals surface area contributed by atoms with Crippen molar-refractivity contribution in [2.45, 2.75) is 32.4 Å². The molecular weight excluding hydrogens is 250 g/mol. The minimum Gasteiger partial charge on any atom is -0.351 e. The molecular formula is C14H18F2N2O. The Morgan fingerprint density at radius 3 is 2.95 bits per heavy atom. The van der Waals surface area contributed by atoms with Crippen LogP contribution in [0.2, 0.25) is 0 Å². The molecule has 2 atom stereocenters. The van der Waals surface area contributed by atoms with Gasteiger partial charge in [0.1, 0.15) is 11.6 Å². The lowest BCUT2D eigenvalue weighted by atomic mass is 9.94. The number of rotatable bonds is 3. The first-order chi connectivity index (χ1) is 9.06. The predicted octanol–water partition coefficient (Wildman–Crippen LogP) is 1.97. The van der Waals surface area contributed by atoms with E-state index in [9.17, 15) is 13.6 Å². The molecule has 2 N–H and O–H groups in total. The normalized spacial score (nSPS) is 23.1. The minimum atomic E-state index is -0.634. The van der Waals surface area contributed by atoms with Crippen LogP contribution < -0.4 is 10.6 Å². The van der Waals surface area contributed by atoms with Gasteiger partial charge < -0.3 is 10.6 Å². The molecule has 1 aliphatic rings. The van der Waals surface area contributed by atoms with Crippen LogP contribution in [0.1, 0.15) is 25.3 Å². The summed E-state index contributed by atoms with van der Waals surface area (Å²) in [6, 6.07) is 3.14. The Hall–Kier alpha value is -1.49. The van der Waals surface area contributed by atoms with Gasteiger partial charge in [0.05, 0.1) is 6.04 Å². The summed E-state index contributed by atoms with van der Waals surface area (Å²) in [6.45, 7) is 3.02. The number of hydrogen-bond donors (Lipinski definition) is 2. The highest BCUT2D eigenvalue weighted by atomic mass is 19.1. The van der Waals surface area contributed by atoms with E-state index >= 15 is 0 Å². The van der Waals surface area contributed by atoms with Crippen molar-refractivity contribution in [2.24, 2.45) is 5.92 Å². The average molecular weight is 268 g/mol. The molecule has 104 valence electrons. The number of carbonyl (C=O) groups is 1. The van der Waals surface area contributed by atoms with E-state index in [1.54, 1.807) is 0 Å². The monoisotopic (exact) mass is 268 g/mol. The summed E-state index contributed by atoms with van der Waals surface area (Å²) < 4.78 is 26.1. The van der Waals surface area contributed by atoms with Crippen LogP contribution in [0.3, 0.4) is 0 Å². The molecule has 19 heavy (non-hydrogen) atoms. The van der Waals surface area contributed by atoms with Crippen molar-refractivity contribution in [3.05, 3.63) is 35.4 Å². The zero-order valence-electron chi connectivity index (χ0n) is 10.9. The molecule has 1 fully saturated rings. The van der Waals surface area contributed by atoms with Crippen LogP contribution in [0.25, 0.3) is 0 Å². The van der Waals surface area contributed by atoms with E-state index in [-0.39, 0.29) is 18.5 Å². The molecule has 1 saturated heterocycles. The molecule has 1 aliphatic heterocycles. The van der Waals surface area contributed by atoms with Crippen LogP contribution in [0.15, 0.2) is 18.2 Å². The molecule has 1 aromatic carbocycles. The fourth-order valence-electron chi connectivity index (χ4n) is 2.28. The molecule has 0 saturated carbocycles. The molecule has 3 nitrogen and oxygen atoms in total. The molecule has 1 aromatic rings. The lowest BCUT2D eigenvalue weighted by molar-refractivity contribution is -0.124. The number of piperidine rings is 1. The third-order valence-electron chi connectivity index (χ3n) is 3.45. The van der Waals surface area contributed by atoms with E-state index in [1.807, 2.05) is 0 Å². The first-order valence-corrected chi connectivity index (χ1v) is 6.51. The van der Waals surface area contributed by atoms with Crippen molar-refractivity contribution >= 4 is 5.91 Å². The van der Waals surface area contributed by atoms with E-state index in [0.29, 0.717) is 11.5 Å². The number of hydrogen-bond acceptors (Lipinski definition) is 2. The minimum absolute atomic E-state index is 0.0809. The Bertz CT molecular complexity index is 465. The Balaban J connectivity index is 1.89. The molecule has 0 aromatic heterocycles. The lowest BCUT2D eigenvalue weighted by Crippen LogP contribution is -2.48. The second kappa shape index (κ2) is 6.10. The maximum absolute atomic E-state index is 13.4. The Morgan fingerprint density at radius 2 is 2.26 bits per heavy atom. The van der Waals surface area contributed by atoms with Crippen molar-refractivity contribution in [2.75, 3.05) is 6.54 Å². The second-order valence-corrected chi connectivity index (χ2v) is 5.09. The number of nitrogens with one attached hydrogen (secondary N) is 2. The second-order valence-electron chi connectivity index (χ2n) is 5.09. The summed E-state index contributed by atoms with van der Waals surface area (Å²) in [5.41, 5.74) is 0.290. The molecule has 2 rings (SSSR count). The van der Waals surface area contributed by atoms with Gasteiger partial charge in [0, 0.05) is 18.2 Å². The maximum atomic E-state index is 13.4. The fraction of sp³-hybridized carbons (Fsp3) is 0.500. The largest absolute Gasteiger partial charge is 0.351 e. The molecule has 0 spiro atoms. The topological polar surface area (TPSA) is 41.1 Å². The van der Waals surface area contributed by atoms with Gasteiger partial charge in [0.25, 0.3) is 0 Å². The van der Waals surface area contributed by atoms with E-state index in [0.717, 1.165) is 25.5 Å². The van der Waals surface area contributed by atoms with Crippen molar-refractivity contribution in [1.29, 1.82) is 0 Å². The van der Waals surface area contributed by atoms with Gasteiger partial charge >= 0.3 is 0 Å². The summed E-state index contributed by atoms with van der Waals surface area (Å²) in [5, 5.41) is 5.83. The van der Waals surface area contributed by atoms with Crippen molar-refractivity contribution in [1.82, 2.24) is 10.6 Å². The molecule has 0 bridgehead atoms. The molecule has 5 heteroatoms. The van der Waals surface area contributed by atoms with Crippen LogP contribution in [0.4, 0.5) is 8.78 Å². The molecule has 1 amide bonds. The highest BCUT2D eigenvalue weighted by molar-refractivity contribution is 5.81. The molecule has 2 unspecified atom stereocenters. The third-order valence-corrected chi connectivity index (χ3v) is 3.45. The Morgan fingerprint density at radius 1 is 1.47 bits per heavy atom. The van der Waals surface area contributed by atoms with Gasteiger partial charge in [0.2, 0.25) is 5.91 Å². The zero-order chi connectivity index (χ0) is 13.8. The van der Waals surface area contributed by atoms with Crippen molar-refractivity contribution < 1.29 is 13.6 Å². The van der Waals surface area contributed by atoms with Crippen LogP contribution in [0.5, 0.6) is 0 Å². The third kappa shape index (κ3) is 3.73. The van der Waals surface area contributed by atoms with Crippen LogP contribution in [-0.2, 0) is 11.3 Å². The highest BCUT2D eigenvalue weighted by Gasteiger charge is 2.24. The van der Waals surface area contributed by atoms with E-state index in [4.69, 9.17) is 0 Å². The van der Waals surface area contributed by atoms with Crippen LogP contribution >= 0.6 is 0 Å². The van der Waals surface area contributed by atoms with Gasteiger partial charge in [-0.1, -0.05) is 13.0 Å². The summed E-state index contributed by atoms with van der Waals surface area (Å²) in [7, 11) is 0. The summed E-state index contributed by atoms with van der Waals surface area (Å²) >= 11 is 0. The fourth-order valence-corrected chi connectivity index (χ4v) is 2.28. The van der Waals surface area contributed by atoms with Gasteiger partial charge in [-0.3, -0.25) is 4.79 Å². The zero-order valence-corrected chi connectivity index (χ0v) is 10.9. The number of benzene rings is 1. The predicted molar refractivity (Wildman–Crippen MR) is 68.4 cm³/mol. The lowest BCUT2D eigenvalue weighted by Gasteiger charge is -2.27. The van der Waals surface area contributed by atoms with Crippen molar-refractivity contribution in [3.63, 3.8) is 0 Å². The first-order valence-electron chi connectivity index (χ1n) is 6.51. The van der Waals surface area contributed by atoms with E-state index in [1.165, 1.54) is 12.1 Å². The number of halogens is 2. The quantitative estimate of drug-likeness (QED) is 0.880. The SMILES string of the molecule is CC1CCNC(C(=O)NCc2ccc(F)cc2F)C1. The summed E-state index contributed by atoms with van der Waals surface area (Å²) in [4.78, 5) is 11.9. The molecule has 0 radical (unpaired) electrons. The van der Waals surface area contributed by atoms with Crippen molar-refractivity contribution in [3.8, 4) is 0 Å². The highest BCUT2D eigenvalue weighted by Crippen LogP contribution is 2.15. The van der Waals surface area contributed by atoms with Crippen LogP contribution in [0, 0.1) is 17.6 Å². The van der Waals surface area contributed by atoms with Gasteiger partial charge in [-0.05, 0) is 31.4 Å². The van der Waals surface area contributed by atoms with Gasteiger partial charge in [-0.25, -0.2) is 8.78 Å². The smallest absolute Gasteiger partial charge is 0.237 e.